The number of hydrogen-bond donors (Lipinski definition) is 2. The van der Waals surface area contributed by atoms with Crippen LogP contribution in [-0.4, -0.2) is 27.2 Å². The topological polar surface area (TPSA) is 90.9 Å². The zero-order valence-corrected chi connectivity index (χ0v) is 12.0. The Balaban J connectivity index is 1.96. The van der Waals surface area contributed by atoms with Crippen LogP contribution in [0, 0.1) is 11.3 Å². The first-order valence-corrected chi connectivity index (χ1v) is 6.58. The van der Waals surface area contributed by atoms with Crippen molar-refractivity contribution >= 4 is 27.6 Å². The molecule has 0 aliphatic carbocycles. The van der Waals surface area contributed by atoms with Crippen molar-refractivity contribution in [3.05, 3.63) is 46.5 Å². The van der Waals surface area contributed by atoms with Crippen molar-refractivity contribution in [1.82, 2.24) is 9.55 Å². The first kappa shape index (κ1) is 14.1. The predicted octanol–water partition coefficient (Wildman–Crippen LogP) is 2.33. The van der Waals surface area contributed by atoms with Crippen molar-refractivity contribution in [2.24, 2.45) is 0 Å². The molecule has 2 aromatic rings. The minimum absolute atomic E-state index is 0.0198. The summed E-state index contributed by atoms with van der Waals surface area (Å²) in [5.41, 5.74) is 1.32. The number of carboxylic acids is 1. The van der Waals surface area contributed by atoms with Gasteiger partial charge in [0.05, 0.1) is 17.6 Å². The number of nitriles is 1. The third-order valence-corrected chi connectivity index (χ3v) is 3.13. The van der Waals surface area contributed by atoms with E-state index in [9.17, 15) is 4.79 Å². The Hall–Kier alpha value is -2.33. The van der Waals surface area contributed by atoms with Gasteiger partial charge in [0.2, 0.25) is 0 Å². The third kappa shape index (κ3) is 3.36. The average molecular weight is 335 g/mol. The summed E-state index contributed by atoms with van der Waals surface area (Å²) in [4.78, 5) is 14.5. The van der Waals surface area contributed by atoms with Crippen LogP contribution in [0.25, 0.3) is 0 Å². The molecule has 1 heterocycles. The van der Waals surface area contributed by atoms with E-state index < -0.39 is 5.97 Å². The van der Waals surface area contributed by atoms with Crippen molar-refractivity contribution in [1.29, 1.82) is 5.26 Å². The van der Waals surface area contributed by atoms with Gasteiger partial charge in [0.25, 0.3) is 0 Å². The summed E-state index contributed by atoms with van der Waals surface area (Å²) in [7, 11) is 0. The molecule has 0 spiro atoms. The number of nitrogens with one attached hydrogen (secondary N) is 1. The highest BCUT2D eigenvalue weighted by atomic mass is 79.9. The van der Waals surface area contributed by atoms with Gasteiger partial charge >= 0.3 is 5.97 Å². The lowest BCUT2D eigenvalue weighted by Crippen LogP contribution is -2.10. The first-order chi connectivity index (χ1) is 9.60. The van der Waals surface area contributed by atoms with Crippen LogP contribution >= 0.6 is 15.9 Å². The van der Waals surface area contributed by atoms with Gasteiger partial charge in [-0.25, -0.2) is 9.78 Å². The van der Waals surface area contributed by atoms with Crippen molar-refractivity contribution in [2.75, 3.05) is 11.9 Å². The van der Waals surface area contributed by atoms with E-state index in [1.165, 1.54) is 12.5 Å². The van der Waals surface area contributed by atoms with Gasteiger partial charge in [0.15, 0.2) is 5.69 Å². The van der Waals surface area contributed by atoms with E-state index in [1.807, 2.05) is 12.1 Å². The summed E-state index contributed by atoms with van der Waals surface area (Å²) in [6, 6.07) is 7.52. The molecule has 2 rings (SSSR count). The summed E-state index contributed by atoms with van der Waals surface area (Å²) in [5, 5.41) is 20.9. The van der Waals surface area contributed by atoms with Gasteiger partial charge in [-0.15, -0.1) is 0 Å². The van der Waals surface area contributed by atoms with Gasteiger partial charge in [-0.2, -0.15) is 5.26 Å². The molecule has 0 saturated carbocycles. The lowest BCUT2D eigenvalue weighted by Gasteiger charge is -2.08. The van der Waals surface area contributed by atoms with Crippen LogP contribution in [0.4, 0.5) is 5.69 Å². The number of hydrogen-bond acceptors (Lipinski definition) is 4. The van der Waals surface area contributed by atoms with Gasteiger partial charge in [0, 0.05) is 23.8 Å². The van der Waals surface area contributed by atoms with E-state index in [2.05, 4.69) is 32.3 Å². The third-order valence-electron chi connectivity index (χ3n) is 2.64. The second-order valence-corrected chi connectivity index (χ2v) is 4.95. The van der Waals surface area contributed by atoms with Crippen LogP contribution in [0.15, 0.2) is 35.2 Å². The van der Waals surface area contributed by atoms with E-state index in [0.29, 0.717) is 18.7 Å². The zero-order valence-electron chi connectivity index (χ0n) is 10.4. The number of rotatable bonds is 5. The van der Waals surface area contributed by atoms with Gasteiger partial charge < -0.3 is 15.0 Å². The molecule has 1 aromatic heterocycles. The molecular formula is C13H11BrN4O2. The summed E-state index contributed by atoms with van der Waals surface area (Å²) < 4.78 is 2.53. The lowest BCUT2D eigenvalue weighted by atomic mass is 10.2. The Kier molecular flexibility index (Phi) is 4.38. The van der Waals surface area contributed by atoms with E-state index in [4.69, 9.17) is 10.4 Å². The van der Waals surface area contributed by atoms with Gasteiger partial charge in [-0.1, -0.05) is 15.9 Å². The number of nitrogens with zero attached hydrogens (tertiary/aromatic N) is 3. The standard InChI is InChI=1S/C13H11BrN4O2/c14-10-1-2-11(9(5-10)6-15)16-3-4-18-7-12(13(19)20)17-8-18/h1-2,5,7-8,16H,3-4H2,(H,19,20). The fourth-order valence-corrected chi connectivity index (χ4v) is 2.04. The molecule has 2 N–H and O–H groups in total. The Morgan fingerprint density at radius 1 is 1.55 bits per heavy atom. The number of aromatic nitrogens is 2. The fraction of sp³-hybridized carbons (Fsp3) is 0.154. The number of imidazole rings is 1. The van der Waals surface area contributed by atoms with E-state index in [0.717, 1.165) is 10.2 Å². The van der Waals surface area contributed by atoms with Crippen molar-refractivity contribution in [3.8, 4) is 6.07 Å². The van der Waals surface area contributed by atoms with Crippen LogP contribution in [0.2, 0.25) is 0 Å². The molecule has 0 radical (unpaired) electrons. The van der Waals surface area contributed by atoms with Crippen molar-refractivity contribution in [3.63, 3.8) is 0 Å². The number of anilines is 1. The maximum absolute atomic E-state index is 10.7. The number of carbonyl (C=O) groups is 1. The monoisotopic (exact) mass is 334 g/mol. The van der Waals surface area contributed by atoms with Crippen LogP contribution in [0.1, 0.15) is 16.1 Å². The quantitative estimate of drug-likeness (QED) is 0.875. The molecule has 7 heteroatoms. The van der Waals surface area contributed by atoms with Gasteiger partial charge in [-0.3, -0.25) is 0 Å². The molecule has 0 amide bonds. The minimum atomic E-state index is -1.05. The molecule has 0 unspecified atom stereocenters. The molecule has 20 heavy (non-hydrogen) atoms. The predicted molar refractivity (Wildman–Crippen MR) is 76.5 cm³/mol. The fourth-order valence-electron chi connectivity index (χ4n) is 1.68. The number of halogens is 1. The molecular weight excluding hydrogens is 324 g/mol. The Bertz CT molecular complexity index is 675. The zero-order chi connectivity index (χ0) is 14.5. The Labute approximate surface area is 123 Å². The summed E-state index contributed by atoms with van der Waals surface area (Å²) in [6.45, 7) is 1.12. The molecule has 6 nitrogen and oxygen atoms in total. The molecule has 0 aliphatic rings. The molecule has 0 saturated heterocycles. The number of carboxylic acid groups (broad SMARTS) is 1. The van der Waals surface area contributed by atoms with Crippen LogP contribution < -0.4 is 5.32 Å². The van der Waals surface area contributed by atoms with Gasteiger partial charge in [-0.05, 0) is 18.2 Å². The van der Waals surface area contributed by atoms with Crippen LogP contribution in [0.3, 0.4) is 0 Å². The summed E-state index contributed by atoms with van der Waals surface area (Å²) >= 11 is 3.31. The normalized spacial score (nSPS) is 10.0. The highest BCUT2D eigenvalue weighted by molar-refractivity contribution is 9.10. The number of aromatic carboxylic acids is 1. The highest BCUT2D eigenvalue weighted by Gasteiger charge is 2.06. The number of benzene rings is 1. The summed E-state index contributed by atoms with van der Waals surface area (Å²) in [6.07, 6.45) is 2.94. The van der Waals surface area contributed by atoms with Crippen LogP contribution in [0.5, 0.6) is 0 Å². The highest BCUT2D eigenvalue weighted by Crippen LogP contribution is 2.20. The first-order valence-electron chi connectivity index (χ1n) is 5.79. The molecule has 0 bridgehead atoms. The van der Waals surface area contributed by atoms with E-state index in [-0.39, 0.29) is 5.69 Å². The van der Waals surface area contributed by atoms with Crippen molar-refractivity contribution in [2.45, 2.75) is 6.54 Å². The smallest absolute Gasteiger partial charge is 0.356 e. The second-order valence-electron chi connectivity index (χ2n) is 4.03. The van der Waals surface area contributed by atoms with Crippen LogP contribution in [-0.2, 0) is 6.54 Å². The van der Waals surface area contributed by atoms with E-state index in [1.54, 1.807) is 10.6 Å². The molecule has 1 aromatic carbocycles. The minimum Gasteiger partial charge on any atom is -0.476 e. The second kappa shape index (κ2) is 6.21. The molecule has 102 valence electrons. The molecule has 0 fully saturated rings. The van der Waals surface area contributed by atoms with E-state index >= 15 is 0 Å². The maximum Gasteiger partial charge on any atom is 0.356 e. The Morgan fingerprint density at radius 3 is 3.00 bits per heavy atom. The maximum atomic E-state index is 10.7. The molecule has 0 atom stereocenters. The van der Waals surface area contributed by atoms with Crippen molar-refractivity contribution < 1.29 is 9.90 Å². The Morgan fingerprint density at radius 2 is 2.35 bits per heavy atom. The molecule has 0 aliphatic heterocycles. The largest absolute Gasteiger partial charge is 0.476 e. The van der Waals surface area contributed by atoms with Gasteiger partial charge in [0.1, 0.15) is 6.07 Å². The SMILES string of the molecule is N#Cc1cc(Br)ccc1NCCn1cnc(C(=O)O)c1. The summed E-state index contributed by atoms with van der Waals surface area (Å²) in [5.74, 6) is -1.05. The lowest BCUT2D eigenvalue weighted by molar-refractivity contribution is 0.0691. The average Bonchev–Trinajstić information content (AvgIpc) is 2.89.